The molecule has 0 unspecified atom stereocenters. The van der Waals surface area contributed by atoms with Crippen molar-refractivity contribution < 1.29 is 13.2 Å². The fourth-order valence-electron chi connectivity index (χ4n) is 2.41. The molecule has 0 saturated heterocycles. The number of rotatable bonds is 5. The topological polar surface area (TPSA) is 115 Å². The second-order valence-corrected chi connectivity index (χ2v) is 8.29. The number of aromatic amines is 1. The largest absolute Gasteiger partial charge is 0.361 e. The van der Waals surface area contributed by atoms with Crippen LogP contribution < -0.4 is 10.0 Å². The van der Waals surface area contributed by atoms with Crippen molar-refractivity contribution >= 4 is 38.2 Å². The zero-order valence-electron chi connectivity index (χ0n) is 14.8. The third kappa shape index (κ3) is 3.93. The zero-order valence-corrected chi connectivity index (χ0v) is 15.6. The summed E-state index contributed by atoms with van der Waals surface area (Å²) in [5.74, 6) is -0.470. The van der Waals surface area contributed by atoms with E-state index in [4.69, 9.17) is 5.26 Å². The van der Waals surface area contributed by atoms with E-state index < -0.39 is 21.3 Å². The van der Waals surface area contributed by atoms with Gasteiger partial charge in [-0.1, -0.05) is 12.1 Å². The van der Waals surface area contributed by atoms with Crippen LogP contribution in [0.2, 0.25) is 0 Å². The number of fused-ring (bicyclic) bond motifs is 1. The molecule has 1 amide bonds. The standard InChI is InChI=1S/C19H18N4O3S/c1-19(2,12-20)18(24)22-14-4-3-5-15(10-14)23-27(25,26)16-7-6-13-8-9-21-17(13)11-16/h3-11,21,23H,1-2H3,(H,22,24). The van der Waals surface area contributed by atoms with Crippen LogP contribution in [0.3, 0.4) is 0 Å². The molecule has 3 N–H and O–H groups in total. The van der Waals surface area contributed by atoms with Crippen molar-refractivity contribution in [3.63, 3.8) is 0 Å². The van der Waals surface area contributed by atoms with E-state index >= 15 is 0 Å². The summed E-state index contributed by atoms with van der Waals surface area (Å²) in [5.41, 5.74) is 0.219. The molecule has 0 fully saturated rings. The minimum absolute atomic E-state index is 0.123. The van der Waals surface area contributed by atoms with Gasteiger partial charge < -0.3 is 10.3 Å². The first-order valence-corrected chi connectivity index (χ1v) is 9.62. The summed E-state index contributed by atoms with van der Waals surface area (Å²) >= 11 is 0. The van der Waals surface area contributed by atoms with E-state index in [1.807, 2.05) is 12.1 Å². The van der Waals surface area contributed by atoms with Crippen LogP contribution in [0.5, 0.6) is 0 Å². The first-order valence-electron chi connectivity index (χ1n) is 8.14. The van der Waals surface area contributed by atoms with Gasteiger partial charge in [-0.05, 0) is 55.6 Å². The lowest BCUT2D eigenvalue weighted by Crippen LogP contribution is -2.29. The number of nitrogens with one attached hydrogen (secondary N) is 3. The Morgan fingerprint density at radius 2 is 1.85 bits per heavy atom. The lowest BCUT2D eigenvalue weighted by atomic mass is 9.94. The van der Waals surface area contributed by atoms with Gasteiger partial charge in [0.05, 0.1) is 16.7 Å². The number of sulfonamides is 1. The van der Waals surface area contributed by atoms with Gasteiger partial charge in [0.1, 0.15) is 5.41 Å². The van der Waals surface area contributed by atoms with Crippen LogP contribution in [0.25, 0.3) is 10.9 Å². The van der Waals surface area contributed by atoms with E-state index in [9.17, 15) is 13.2 Å². The molecule has 3 aromatic rings. The summed E-state index contributed by atoms with van der Waals surface area (Å²) in [6, 6.07) is 14.9. The number of hydrogen-bond donors (Lipinski definition) is 3. The monoisotopic (exact) mass is 382 g/mol. The van der Waals surface area contributed by atoms with E-state index in [2.05, 4.69) is 15.0 Å². The summed E-state index contributed by atoms with van der Waals surface area (Å²) in [6.07, 6.45) is 1.74. The van der Waals surface area contributed by atoms with Crippen LogP contribution >= 0.6 is 0 Å². The lowest BCUT2D eigenvalue weighted by Gasteiger charge is -2.16. The van der Waals surface area contributed by atoms with Crippen molar-refractivity contribution in [3.8, 4) is 6.07 Å². The van der Waals surface area contributed by atoms with Crippen molar-refractivity contribution in [3.05, 3.63) is 54.7 Å². The summed E-state index contributed by atoms with van der Waals surface area (Å²) < 4.78 is 27.8. The first kappa shape index (κ1) is 18.5. The number of carbonyl (C=O) groups excluding carboxylic acids is 1. The van der Waals surface area contributed by atoms with Gasteiger partial charge >= 0.3 is 0 Å². The lowest BCUT2D eigenvalue weighted by molar-refractivity contribution is -0.121. The normalized spacial score (nSPS) is 11.7. The smallest absolute Gasteiger partial charge is 0.261 e. The quantitative estimate of drug-likeness (QED) is 0.627. The molecule has 0 aliphatic rings. The molecular formula is C19H18N4O3S. The molecule has 1 heterocycles. The number of H-pyrrole nitrogens is 1. The molecule has 0 aliphatic heterocycles. The van der Waals surface area contributed by atoms with Crippen molar-refractivity contribution in [2.45, 2.75) is 18.7 Å². The van der Waals surface area contributed by atoms with Gasteiger partial charge in [-0.15, -0.1) is 0 Å². The number of carbonyl (C=O) groups is 1. The summed E-state index contributed by atoms with van der Waals surface area (Å²) in [7, 11) is -3.80. The Morgan fingerprint density at radius 1 is 1.11 bits per heavy atom. The summed E-state index contributed by atoms with van der Waals surface area (Å²) in [4.78, 5) is 15.2. The number of anilines is 2. The van der Waals surface area contributed by atoms with Crippen molar-refractivity contribution in [2.75, 3.05) is 10.0 Å². The van der Waals surface area contributed by atoms with E-state index in [1.54, 1.807) is 36.5 Å². The SMILES string of the molecule is CC(C)(C#N)C(=O)Nc1cccc(NS(=O)(=O)c2ccc3cc[nH]c3c2)c1. The van der Waals surface area contributed by atoms with Crippen LogP contribution in [-0.2, 0) is 14.8 Å². The molecule has 0 saturated carbocycles. The molecule has 2 aromatic carbocycles. The maximum atomic E-state index is 12.7. The van der Waals surface area contributed by atoms with Gasteiger partial charge in [-0.25, -0.2) is 8.42 Å². The number of benzene rings is 2. The fraction of sp³-hybridized carbons (Fsp3) is 0.158. The third-order valence-electron chi connectivity index (χ3n) is 4.06. The Morgan fingerprint density at radius 3 is 2.59 bits per heavy atom. The highest BCUT2D eigenvalue weighted by molar-refractivity contribution is 7.92. The Bertz CT molecular complexity index is 1160. The highest BCUT2D eigenvalue weighted by Crippen LogP contribution is 2.23. The molecule has 0 spiro atoms. The molecule has 0 radical (unpaired) electrons. The average molecular weight is 382 g/mol. The van der Waals surface area contributed by atoms with E-state index in [0.717, 1.165) is 10.9 Å². The van der Waals surface area contributed by atoms with Crippen LogP contribution in [0, 0.1) is 16.7 Å². The Kier molecular flexibility index (Phi) is 4.64. The summed E-state index contributed by atoms with van der Waals surface area (Å²) in [6.45, 7) is 3.01. The number of hydrogen-bond acceptors (Lipinski definition) is 4. The predicted molar refractivity (Wildman–Crippen MR) is 104 cm³/mol. The molecule has 0 bridgehead atoms. The van der Waals surface area contributed by atoms with Gasteiger partial charge in [0.2, 0.25) is 5.91 Å². The molecule has 0 atom stereocenters. The highest BCUT2D eigenvalue weighted by atomic mass is 32.2. The van der Waals surface area contributed by atoms with Crippen LogP contribution in [0.1, 0.15) is 13.8 Å². The second kappa shape index (κ2) is 6.78. The molecular weight excluding hydrogens is 364 g/mol. The van der Waals surface area contributed by atoms with Gasteiger partial charge in [0.15, 0.2) is 0 Å². The number of nitrogens with zero attached hydrogens (tertiary/aromatic N) is 1. The first-order chi connectivity index (χ1) is 12.7. The number of aromatic nitrogens is 1. The van der Waals surface area contributed by atoms with Crippen LogP contribution in [-0.4, -0.2) is 19.3 Å². The molecule has 138 valence electrons. The minimum Gasteiger partial charge on any atom is -0.361 e. The van der Waals surface area contributed by atoms with Crippen LogP contribution in [0.4, 0.5) is 11.4 Å². The highest BCUT2D eigenvalue weighted by Gasteiger charge is 2.27. The summed E-state index contributed by atoms with van der Waals surface area (Å²) in [5, 5.41) is 12.6. The second-order valence-electron chi connectivity index (χ2n) is 6.60. The molecule has 8 heteroatoms. The Labute approximate surface area is 157 Å². The molecule has 0 aliphatic carbocycles. The van der Waals surface area contributed by atoms with Crippen molar-refractivity contribution in [1.82, 2.24) is 4.98 Å². The molecule has 27 heavy (non-hydrogen) atoms. The number of nitriles is 1. The minimum atomic E-state index is -3.80. The average Bonchev–Trinajstić information content (AvgIpc) is 3.09. The zero-order chi connectivity index (χ0) is 19.7. The van der Waals surface area contributed by atoms with Gasteiger partial charge in [-0.2, -0.15) is 5.26 Å². The van der Waals surface area contributed by atoms with Crippen molar-refractivity contribution in [1.29, 1.82) is 5.26 Å². The van der Waals surface area contributed by atoms with Gasteiger partial charge in [-0.3, -0.25) is 9.52 Å². The molecule has 7 nitrogen and oxygen atoms in total. The predicted octanol–water partition coefficient (Wildman–Crippen LogP) is 3.46. The Hall–Kier alpha value is -3.31. The number of amides is 1. The fourth-order valence-corrected chi connectivity index (χ4v) is 3.48. The maximum absolute atomic E-state index is 12.7. The van der Waals surface area contributed by atoms with Gasteiger partial charge in [0.25, 0.3) is 10.0 Å². The third-order valence-corrected chi connectivity index (χ3v) is 5.44. The molecule has 1 aromatic heterocycles. The molecule has 3 rings (SSSR count). The van der Waals surface area contributed by atoms with E-state index in [0.29, 0.717) is 11.4 Å². The van der Waals surface area contributed by atoms with E-state index in [-0.39, 0.29) is 4.90 Å². The Balaban J connectivity index is 1.83. The van der Waals surface area contributed by atoms with E-state index in [1.165, 1.54) is 26.0 Å². The maximum Gasteiger partial charge on any atom is 0.261 e. The van der Waals surface area contributed by atoms with Crippen LogP contribution in [0.15, 0.2) is 59.6 Å². The van der Waals surface area contributed by atoms with Gasteiger partial charge in [0, 0.05) is 17.4 Å². The van der Waals surface area contributed by atoms with Crippen molar-refractivity contribution in [2.24, 2.45) is 5.41 Å².